The molecule has 1 N–H and O–H groups in total. The van der Waals surface area contributed by atoms with Crippen LogP contribution in [0.2, 0.25) is 0 Å². The van der Waals surface area contributed by atoms with Gasteiger partial charge in [0.2, 0.25) is 5.78 Å². The van der Waals surface area contributed by atoms with Crippen molar-refractivity contribution in [2.75, 3.05) is 7.11 Å². The Bertz CT molecular complexity index is 1270. The number of hydrogen-bond acceptors (Lipinski definition) is 4. The van der Waals surface area contributed by atoms with E-state index in [0.29, 0.717) is 16.9 Å². The van der Waals surface area contributed by atoms with Crippen molar-refractivity contribution >= 4 is 16.9 Å². The van der Waals surface area contributed by atoms with Crippen LogP contribution in [-0.2, 0) is 13.6 Å². The molecule has 0 aliphatic heterocycles. The lowest BCUT2D eigenvalue weighted by molar-refractivity contribution is 0.415. The highest BCUT2D eigenvalue weighted by Crippen LogP contribution is 2.27. The zero-order valence-electron chi connectivity index (χ0n) is 16.9. The summed E-state index contributed by atoms with van der Waals surface area (Å²) < 4.78 is 10.6. The molecular formula is C21H25N5O3. The zero-order valence-corrected chi connectivity index (χ0v) is 16.9. The molecule has 0 aliphatic carbocycles. The number of aryl methyl sites for hydroxylation is 2. The van der Waals surface area contributed by atoms with Gasteiger partial charge in [0.05, 0.1) is 12.8 Å². The summed E-state index contributed by atoms with van der Waals surface area (Å²) in [5.74, 6) is 1.45. The molecule has 0 fully saturated rings. The number of benzene rings is 1. The third-order valence-corrected chi connectivity index (χ3v) is 5.34. The molecule has 0 spiro atoms. The van der Waals surface area contributed by atoms with Gasteiger partial charge in [0.15, 0.2) is 11.2 Å². The highest BCUT2D eigenvalue weighted by Gasteiger charge is 2.19. The summed E-state index contributed by atoms with van der Waals surface area (Å²) in [6.45, 7) is 2.97. The summed E-state index contributed by atoms with van der Waals surface area (Å²) in [6, 6.07) is 7.83. The van der Waals surface area contributed by atoms with Gasteiger partial charge >= 0.3 is 5.69 Å². The number of methoxy groups -OCH3 is 1. The first-order valence-corrected chi connectivity index (χ1v) is 9.90. The normalized spacial score (nSPS) is 11.6. The Balaban J connectivity index is 1.92. The van der Waals surface area contributed by atoms with E-state index in [0.717, 1.165) is 42.8 Å². The number of aromatic amines is 1. The SMILES string of the molecule is CCCCCCn1c(-c2ccc(OC)cc2)cn2c3c(=O)[nH]c(=O)n(C)c3nc12. The van der Waals surface area contributed by atoms with Gasteiger partial charge in [-0.25, -0.2) is 4.79 Å². The van der Waals surface area contributed by atoms with Gasteiger partial charge in [-0.1, -0.05) is 26.2 Å². The first kappa shape index (κ1) is 19.0. The van der Waals surface area contributed by atoms with Crippen LogP contribution in [0.5, 0.6) is 5.75 Å². The van der Waals surface area contributed by atoms with E-state index >= 15 is 0 Å². The van der Waals surface area contributed by atoms with Crippen molar-refractivity contribution in [2.45, 2.75) is 39.2 Å². The predicted octanol–water partition coefficient (Wildman–Crippen LogP) is 2.93. The highest BCUT2D eigenvalue weighted by molar-refractivity contribution is 5.78. The minimum absolute atomic E-state index is 0.379. The molecule has 0 bridgehead atoms. The molecule has 0 saturated heterocycles. The molecule has 0 unspecified atom stereocenters. The predicted molar refractivity (Wildman–Crippen MR) is 113 cm³/mol. The molecule has 8 nitrogen and oxygen atoms in total. The lowest BCUT2D eigenvalue weighted by Gasteiger charge is -2.09. The van der Waals surface area contributed by atoms with E-state index in [-0.39, 0.29) is 0 Å². The fraction of sp³-hybridized carbons (Fsp3) is 0.381. The Kier molecular flexibility index (Phi) is 5.00. The fourth-order valence-corrected chi connectivity index (χ4v) is 3.71. The van der Waals surface area contributed by atoms with Crippen LogP contribution < -0.4 is 16.0 Å². The number of imidazole rings is 2. The van der Waals surface area contributed by atoms with Crippen molar-refractivity contribution in [3.8, 4) is 17.0 Å². The number of unbranched alkanes of at least 4 members (excludes halogenated alkanes) is 3. The van der Waals surface area contributed by atoms with Crippen LogP contribution in [0.15, 0.2) is 40.1 Å². The molecule has 0 saturated carbocycles. The minimum Gasteiger partial charge on any atom is -0.497 e. The summed E-state index contributed by atoms with van der Waals surface area (Å²) >= 11 is 0. The molecular weight excluding hydrogens is 370 g/mol. The van der Waals surface area contributed by atoms with Crippen LogP contribution in [0.25, 0.3) is 28.2 Å². The van der Waals surface area contributed by atoms with Gasteiger partial charge < -0.3 is 9.30 Å². The molecule has 3 aromatic heterocycles. The van der Waals surface area contributed by atoms with Crippen LogP contribution >= 0.6 is 0 Å². The number of aromatic nitrogens is 5. The van der Waals surface area contributed by atoms with E-state index in [9.17, 15) is 9.59 Å². The third kappa shape index (κ3) is 3.24. The number of nitrogens with one attached hydrogen (secondary N) is 1. The molecule has 1 aromatic carbocycles. The largest absolute Gasteiger partial charge is 0.497 e. The van der Waals surface area contributed by atoms with Crippen molar-refractivity contribution in [1.82, 2.24) is 23.5 Å². The first-order valence-electron chi connectivity index (χ1n) is 9.90. The molecule has 4 rings (SSSR count). The van der Waals surface area contributed by atoms with Crippen molar-refractivity contribution in [3.63, 3.8) is 0 Å². The minimum atomic E-state index is -0.465. The van der Waals surface area contributed by atoms with E-state index in [4.69, 9.17) is 4.74 Å². The van der Waals surface area contributed by atoms with Crippen molar-refractivity contribution in [1.29, 1.82) is 0 Å². The first-order chi connectivity index (χ1) is 14.0. The van der Waals surface area contributed by atoms with Crippen LogP contribution in [0.1, 0.15) is 32.6 Å². The number of hydrogen-bond donors (Lipinski definition) is 1. The van der Waals surface area contributed by atoms with E-state index in [1.165, 1.54) is 11.0 Å². The Morgan fingerprint density at radius 3 is 2.55 bits per heavy atom. The smallest absolute Gasteiger partial charge is 0.329 e. The van der Waals surface area contributed by atoms with Gasteiger partial charge in [0, 0.05) is 25.4 Å². The lowest BCUT2D eigenvalue weighted by atomic mass is 10.1. The number of H-pyrrole nitrogens is 1. The van der Waals surface area contributed by atoms with Crippen molar-refractivity contribution in [3.05, 3.63) is 51.3 Å². The Morgan fingerprint density at radius 1 is 1.10 bits per heavy atom. The maximum Gasteiger partial charge on any atom is 0.329 e. The molecule has 4 aromatic rings. The average Bonchev–Trinajstić information content (AvgIpc) is 3.26. The van der Waals surface area contributed by atoms with Crippen molar-refractivity contribution < 1.29 is 4.74 Å². The van der Waals surface area contributed by atoms with Gasteiger partial charge in [-0.3, -0.25) is 18.7 Å². The molecule has 152 valence electrons. The second kappa shape index (κ2) is 7.62. The Hall–Kier alpha value is -3.29. The topological polar surface area (TPSA) is 86.3 Å². The molecule has 0 atom stereocenters. The molecule has 8 heteroatoms. The third-order valence-electron chi connectivity index (χ3n) is 5.34. The molecule has 29 heavy (non-hydrogen) atoms. The average molecular weight is 395 g/mol. The molecule has 0 aliphatic rings. The lowest BCUT2D eigenvalue weighted by Crippen LogP contribution is -2.28. The Labute approximate surface area is 167 Å². The molecule has 3 heterocycles. The quantitative estimate of drug-likeness (QED) is 0.488. The Morgan fingerprint density at radius 2 is 1.86 bits per heavy atom. The fourth-order valence-electron chi connectivity index (χ4n) is 3.71. The zero-order chi connectivity index (χ0) is 20.5. The van der Waals surface area contributed by atoms with E-state index in [2.05, 4.69) is 21.5 Å². The summed E-state index contributed by atoms with van der Waals surface area (Å²) in [6.07, 6.45) is 6.41. The number of ether oxygens (including phenoxy) is 1. The summed E-state index contributed by atoms with van der Waals surface area (Å²) in [4.78, 5) is 31.5. The van der Waals surface area contributed by atoms with Crippen LogP contribution in [0.3, 0.4) is 0 Å². The van der Waals surface area contributed by atoms with E-state index < -0.39 is 11.2 Å². The number of fused-ring (bicyclic) bond motifs is 3. The number of rotatable bonds is 7. The van der Waals surface area contributed by atoms with Crippen molar-refractivity contribution in [2.24, 2.45) is 7.05 Å². The van der Waals surface area contributed by atoms with Crippen LogP contribution in [0.4, 0.5) is 0 Å². The van der Waals surface area contributed by atoms with Gasteiger partial charge in [0.25, 0.3) is 5.56 Å². The summed E-state index contributed by atoms with van der Waals surface area (Å²) in [5, 5.41) is 0. The second-order valence-electron chi connectivity index (χ2n) is 7.23. The van der Waals surface area contributed by atoms with Gasteiger partial charge in [-0.15, -0.1) is 0 Å². The summed E-state index contributed by atoms with van der Waals surface area (Å²) in [5.41, 5.74) is 1.86. The summed E-state index contributed by atoms with van der Waals surface area (Å²) in [7, 11) is 3.26. The van der Waals surface area contributed by atoms with Gasteiger partial charge in [0.1, 0.15) is 5.75 Å². The molecule has 0 amide bonds. The van der Waals surface area contributed by atoms with E-state index in [1.54, 1.807) is 18.6 Å². The second-order valence-corrected chi connectivity index (χ2v) is 7.23. The highest BCUT2D eigenvalue weighted by atomic mass is 16.5. The van der Waals surface area contributed by atoms with E-state index in [1.807, 2.05) is 30.5 Å². The van der Waals surface area contributed by atoms with Crippen LogP contribution in [0, 0.1) is 0 Å². The maximum atomic E-state index is 12.5. The van der Waals surface area contributed by atoms with Crippen LogP contribution in [-0.4, -0.2) is 30.6 Å². The van der Waals surface area contributed by atoms with Gasteiger partial charge in [-0.05, 0) is 30.7 Å². The number of nitrogens with zero attached hydrogens (tertiary/aromatic N) is 4. The molecule has 0 radical (unpaired) electrons. The van der Waals surface area contributed by atoms with Gasteiger partial charge in [-0.2, -0.15) is 4.98 Å². The maximum absolute atomic E-state index is 12.5. The monoisotopic (exact) mass is 395 g/mol. The standard InChI is InChI=1S/C21H25N5O3/c1-4-5-6-7-12-25-16(14-8-10-15(29-3)11-9-14)13-26-17-18(22-20(25)26)24(2)21(28)23-19(17)27/h8-11,13H,4-7,12H2,1-3H3,(H,23,27,28).